The highest BCUT2D eigenvalue weighted by atomic mass is 16.5. The Morgan fingerprint density at radius 3 is 3.18 bits per heavy atom. The van der Waals surface area contributed by atoms with Crippen LogP contribution < -0.4 is 5.32 Å². The van der Waals surface area contributed by atoms with Crippen LogP contribution in [0.5, 0.6) is 0 Å². The Morgan fingerprint density at radius 1 is 1.53 bits per heavy atom. The molecule has 0 aromatic carbocycles. The normalized spacial score (nSPS) is 10.6. The zero-order valence-electron chi connectivity index (χ0n) is 10.1. The molecular formula is C12H21N3O2. The standard InChI is InChI=1S/C12H21N3O2/c1-2-3-7-17-8-4-13-9-12-10-14-15(11-12)5-6-16/h2,10-11,13,16H,1,3-9H2. The molecule has 0 saturated heterocycles. The minimum absolute atomic E-state index is 0.117. The van der Waals surface area contributed by atoms with E-state index in [2.05, 4.69) is 17.0 Å². The quantitative estimate of drug-likeness (QED) is 0.462. The van der Waals surface area contributed by atoms with Gasteiger partial charge in [-0.1, -0.05) is 6.08 Å². The molecule has 0 spiro atoms. The Balaban J connectivity index is 2.03. The van der Waals surface area contributed by atoms with Gasteiger partial charge in [-0.2, -0.15) is 5.10 Å². The third-order valence-electron chi connectivity index (χ3n) is 2.23. The summed E-state index contributed by atoms with van der Waals surface area (Å²) in [5.74, 6) is 0. The van der Waals surface area contributed by atoms with E-state index < -0.39 is 0 Å². The summed E-state index contributed by atoms with van der Waals surface area (Å²) in [7, 11) is 0. The number of nitrogens with one attached hydrogen (secondary N) is 1. The lowest BCUT2D eigenvalue weighted by Crippen LogP contribution is -2.19. The Bertz CT molecular complexity index is 312. The molecule has 1 rings (SSSR count). The largest absolute Gasteiger partial charge is 0.394 e. The van der Waals surface area contributed by atoms with Gasteiger partial charge in [-0.05, 0) is 6.42 Å². The van der Waals surface area contributed by atoms with Gasteiger partial charge in [-0.3, -0.25) is 4.68 Å². The molecule has 96 valence electrons. The van der Waals surface area contributed by atoms with Gasteiger partial charge in [0.15, 0.2) is 0 Å². The highest BCUT2D eigenvalue weighted by Gasteiger charge is 1.97. The predicted molar refractivity (Wildman–Crippen MR) is 66.7 cm³/mol. The summed E-state index contributed by atoms with van der Waals surface area (Å²) < 4.78 is 7.10. The van der Waals surface area contributed by atoms with Crippen molar-refractivity contribution in [3.63, 3.8) is 0 Å². The second-order valence-electron chi connectivity index (χ2n) is 3.70. The third-order valence-corrected chi connectivity index (χ3v) is 2.23. The highest BCUT2D eigenvalue weighted by Crippen LogP contribution is 1.96. The Kier molecular flexibility index (Phi) is 7.29. The van der Waals surface area contributed by atoms with E-state index in [0.29, 0.717) is 13.2 Å². The van der Waals surface area contributed by atoms with Gasteiger partial charge in [0.2, 0.25) is 0 Å². The van der Waals surface area contributed by atoms with Crippen molar-refractivity contribution in [2.75, 3.05) is 26.4 Å². The summed E-state index contributed by atoms with van der Waals surface area (Å²) in [6.07, 6.45) is 6.49. The number of hydrogen-bond acceptors (Lipinski definition) is 4. The number of ether oxygens (including phenoxy) is 1. The smallest absolute Gasteiger partial charge is 0.0640 e. The van der Waals surface area contributed by atoms with Crippen molar-refractivity contribution < 1.29 is 9.84 Å². The SMILES string of the molecule is C=CCCOCCNCc1cnn(CCO)c1. The molecule has 17 heavy (non-hydrogen) atoms. The van der Waals surface area contributed by atoms with Crippen LogP contribution >= 0.6 is 0 Å². The molecule has 0 bridgehead atoms. The summed E-state index contributed by atoms with van der Waals surface area (Å²) in [5.41, 5.74) is 1.12. The average molecular weight is 239 g/mol. The number of aliphatic hydroxyl groups excluding tert-OH is 1. The molecule has 5 heteroatoms. The number of aromatic nitrogens is 2. The average Bonchev–Trinajstić information content (AvgIpc) is 2.76. The highest BCUT2D eigenvalue weighted by molar-refractivity contribution is 5.03. The molecule has 1 aromatic heterocycles. The fraction of sp³-hybridized carbons (Fsp3) is 0.583. The van der Waals surface area contributed by atoms with Gasteiger partial charge in [0.05, 0.1) is 32.6 Å². The van der Waals surface area contributed by atoms with Crippen LogP contribution in [0.3, 0.4) is 0 Å². The molecule has 0 saturated carbocycles. The van der Waals surface area contributed by atoms with Crippen LogP contribution in [0.2, 0.25) is 0 Å². The van der Waals surface area contributed by atoms with E-state index in [1.807, 2.05) is 12.3 Å². The van der Waals surface area contributed by atoms with Gasteiger partial charge in [0.1, 0.15) is 0 Å². The first-order valence-electron chi connectivity index (χ1n) is 5.88. The van der Waals surface area contributed by atoms with Gasteiger partial charge >= 0.3 is 0 Å². The first-order chi connectivity index (χ1) is 8.36. The van der Waals surface area contributed by atoms with Crippen molar-refractivity contribution in [3.05, 3.63) is 30.6 Å². The van der Waals surface area contributed by atoms with Gasteiger partial charge in [-0.25, -0.2) is 0 Å². The Hall–Kier alpha value is -1.17. The van der Waals surface area contributed by atoms with E-state index in [1.54, 1.807) is 10.9 Å². The summed E-state index contributed by atoms with van der Waals surface area (Å²) in [6, 6.07) is 0. The van der Waals surface area contributed by atoms with Gasteiger partial charge in [-0.15, -0.1) is 6.58 Å². The minimum atomic E-state index is 0.117. The lowest BCUT2D eigenvalue weighted by molar-refractivity contribution is 0.140. The predicted octanol–water partition coefficient (Wildman–Crippen LogP) is 0.558. The molecule has 5 nitrogen and oxygen atoms in total. The zero-order chi connectivity index (χ0) is 12.3. The zero-order valence-corrected chi connectivity index (χ0v) is 10.1. The second-order valence-corrected chi connectivity index (χ2v) is 3.70. The number of nitrogens with zero attached hydrogens (tertiary/aromatic N) is 2. The van der Waals surface area contributed by atoms with E-state index in [0.717, 1.165) is 31.7 Å². The Morgan fingerprint density at radius 2 is 2.41 bits per heavy atom. The van der Waals surface area contributed by atoms with Crippen LogP contribution in [-0.2, 0) is 17.8 Å². The molecule has 0 aliphatic carbocycles. The minimum Gasteiger partial charge on any atom is -0.394 e. The summed E-state index contributed by atoms with van der Waals surface area (Å²) >= 11 is 0. The monoisotopic (exact) mass is 239 g/mol. The van der Waals surface area contributed by atoms with Crippen molar-refractivity contribution in [1.29, 1.82) is 0 Å². The topological polar surface area (TPSA) is 59.3 Å². The summed E-state index contributed by atoms with van der Waals surface area (Å²) in [5, 5.41) is 16.1. The number of hydrogen-bond donors (Lipinski definition) is 2. The fourth-order valence-electron chi connectivity index (χ4n) is 1.37. The lowest BCUT2D eigenvalue weighted by Gasteiger charge is -2.03. The van der Waals surface area contributed by atoms with Gasteiger partial charge in [0.25, 0.3) is 0 Å². The molecule has 1 aromatic rings. The Labute approximate surface area is 102 Å². The van der Waals surface area contributed by atoms with Gasteiger partial charge in [0, 0.05) is 24.8 Å². The van der Waals surface area contributed by atoms with E-state index in [4.69, 9.17) is 9.84 Å². The molecule has 0 aliphatic heterocycles. The fourth-order valence-corrected chi connectivity index (χ4v) is 1.37. The second kappa shape index (κ2) is 8.92. The number of rotatable bonds is 10. The lowest BCUT2D eigenvalue weighted by atomic mass is 10.3. The molecule has 0 radical (unpaired) electrons. The van der Waals surface area contributed by atoms with Crippen LogP contribution in [0.15, 0.2) is 25.0 Å². The maximum atomic E-state index is 8.75. The maximum absolute atomic E-state index is 8.75. The molecule has 0 unspecified atom stereocenters. The van der Waals surface area contributed by atoms with Crippen LogP contribution in [0.1, 0.15) is 12.0 Å². The van der Waals surface area contributed by atoms with Crippen molar-refractivity contribution >= 4 is 0 Å². The van der Waals surface area contributed by atoms with Crippen molar-refractivity contribution in [2.24, 2.45) is 0 Å². The molecule has 0 amide bonds. The molecule has 0 atom stereocenters. The van der Waals surface area contributed by atoms with Crippen LogP contribution in [0.25, 0.3) is 0 Å². The third kappa shape index (κ3) is 6.21. The molecule has 2 N–H and O–H groups in total. The number of aliphatic hydroxyl groups is 1. The molecule has 1 heterocycles. The summed E-state index contributed by atoms with van der Waals surface area (Å²) in [4.78, 5) is 0. The van der Waals surface area contributed by atoms with E-state index in [1.165, 1.54) is 0 Å². The van der Waals surface area contributed by atoms with E-state index in [9.17, 15) is 0 Å². The van der Waals surface area contributed by atoms with E-state index in [-0.39, 0.29) is 6.61 Å². The molecular weight excluding hydrogens is 218 g/mol. The van der Waals surface area contributed by atoms with Crippen molar-refractivity contribution in [1.82, 2.24) is 15.1 Å². The van der Waals surface area contributed by atoms with Crippen molar-refractivity contribution in [3.8, 4) is 0 Å². The van der Waals surface area contributed by atoms with Crippen LogP contribution in [0, 0.1) is 0 Å². The van der Waals surface area contributed by atoms with E-state index >= 15 is 0 Å². The first kappa shape index (κ1) is 13.9. The summed E-state index contributed by atoms with van der Waals surface area (Å²) in [6.45, 7) is 7.33. The first-order valence-corrected chi connectivity index (χ1v) is 5.88. The van der Waals surface area contributed by atoms with Crippen molar-refractivity contribution in [2.45, 2.75) is 19.5 Å². The maximum Gasteiger partial charge on any atom is 0.0640 e. The molecule has 0 fully saturated rings. The van der Waals surface area contributed by atoms with Crippen LogP contribution in [0.4, 0.5) is 0 Å². The molecule has 0 aliphatic rings. The van der Waals surface area contributed by atoms with Gasteiger partial charge < -0.3 is 15.2 Å². The van der Waals surface area contributed by atoms with Crippen LogP contribution in [-0.4, -0.2) is 41.3 Å².